The molecule has 80 valence electrons. The molecular formula is C10H19N3O. The predicted molar refractivity (Wildman–Crippen MR) is 56.0 cm³/mol. The summed E-state index contributed by atoms with van der Waals surface area (Å²) in [7, 11) is 0. The zero-order valence-corrected chi connectivity index (χ0v) is 8.69. The summed E-state index contributed by atoms with van der Waals surface area (Å²) >= 11 is 0. The monoisotopic (exact) mass is 197 g/mol. The lowest BCUT2D eigenvalue weighted by molar-refractivity contribution is 0.191. The molecule has 0 bridgehead atoms. The Morgan fingerprint density at radius 1 is 1.50 bits per heavy atom. The molecule has 0 aliphatic carbocycles. The molecule has 0 aromatic carbocycles. The molecule has 0 aliphatic rings. The Balaban J connectivity index is 1.90. The highest BCUT2D eigenvalue weighted by atomic mass is 16.3. The van der Waals surface area contributed by atoms with Crippen LogP contribution >= 0.6 is 0 Å². The summed E-state index contributed by atoms with van der Waals surface area (Å²) in [6, 6.07) is 0. The number of imidazole rings is 1. The molecule has 0 radical (unpaired) electrons. The van der Waals surface area contributed by atoms with Gasteiger partial charge in [-0.1, -0.05) is 0 Å². The van der Waals surface area contributed by atoms with Crippen molar-refractivity contribution < 1.29 is 5.11 Å². The standard InChI is InChI=1S/C10H19N3O/c1-10(14)8-11-4-2-3-6-13-7-5-12-9-13/h5,7,9-11,14H,2-4,6,8H2,1H3/t10-/m0/s1. The SMILES string of the molecule is C[C@H](O)CNCCCCn1ccnc1. The summed E-state index contributed by atoms with van der Waals surface area (Å²) in [5.41, 5.74) is 0. The first kappa shape index (κ1) is 11.2. The maximum Gasteiger partial charge on any atom is 0.0945 e. The number of hydrogen-bond donors (Lipinski definition) is 2. The van der Waals surface area contributed by atoms with Gasteiger partial charge in [-0.3, -0.25) is 0 Å². The van der Waals surface area contributed by atoms with Crippen molar-refractivity contribution in [2.24, 2.45) is 0 Å². The zero-order chi connectivity index (χ0) is 10.2. The van der Waals surface area contributed by atoms with Gasteiger partial charge in [-0.2, -0.15) is 0 Å². The Kier molecular flexibility index (Phi) is 5.25. The summed E-state index contributed by atoms with van der Waals surface area (Å²) in [6.07, 6.45) is 7.63. The van der Waals surface area contributed by atoms with Gasteiger partial charge in [0.2, 0.25) is 0 Å². The second-order valence-corrected chi connectivity index (χ2v) is 3.56. The van der Waals surface area contributed by atoms with Gasteiger partial charge in [0, 0.05) is 25.5 Å². The maximum absolute atomic E-state index is 8.98. The Hall–Kier alpha value is -0.870. The number of hydrogen-bond acceptors (Lipinski definition) is 3. The second kappa shape index (κ2) is 6.56. The summed E-state index contributed by atoms with van der Waals surface area (Å²) in [4.78, 5) is 3.97. The first-order valence-corrected chi connectivity index (χ1v) is 5.13. The van der Waals surface area contributed by atoms with Gasteiger partial charge in [0.25, 0.3) is 0 Å². The van der Waals surface area contributed by atoms with Gasteiger partial charge in [-0.05, 0) is 26.3 Å². The van der Waals surface area contributed by atoms with E-state index < -0.39 is 0 Å². The Morgan fingerprint density at radius 2 is 2.36 bits per heavy atom. The topological polar surface area (TPSA) is 50.1 Å². The fourth-order valence-electron chi connectivity index (χ4n) is 1.27. The smallest absolute Gasteiger partial charge is 0.0945 e. The largest absolute Gasteiger partial charge is 0.392 e. The number of aryl methyl sites for hydroxylation is 1. The molecule has 1 aromatic heterocycles. The summed E-state index contributed by atoms with van der Waals surface area (Å²) < 4.78 is 2.08. The first-order valence-electron chi connectivity index (χ1n) is 5.13. The van der Waals surface area contributed by atoms with Crippen molar-refractivity contribution in [3.05, 3.63) is 18.7 Å². The van der Waals surface area contributed by atoms with Gasteiger partial charge < -0.3 is 15.0 Å². The van der Waals surface area contributed by atoms with Crippen molar-refractivity contribution in [3.8, 4) is 0 Å². The van der Waals surface area contributed by atoms with Crippen LogP contribution in [-0.4, -0.2) is 33.9 Å². The lowest BCUT2D eigenvalue weighted by atomic mass is 10.3. The van der Waals surface area contributed by atoms with E-state index in [2.05, 4.69) is 14.9 Å². The molecule has 0 fully saturated rings. The highest BCUT2D eigenvalue weighted by Crippen LogP contribution is 1.93. The molecule has 0 spiro atoms. The van der Waals surface area contributed by atoms with Crippen molar-refractivity contribution in [2.45, 2.75) is 32.4 Å². The van der Waals surface area contributed by atoms with E-state index in [4.69, 9.17) is 5.11 Å². The van der Waals surface area contributed by atoms with Gasteiger partial charge in [0.05, 0.1) is 12.4 Å². The molecule has 2 N–H and O–H groups in total. The van der Waals surface area contributed by atoms with Crippen molar-refractivity contribution in [1.82, 2.24) is 14.9 Å². The third kappa shape index (κ3) is 4.99. The van der Waals surface area contributed by atoms with Crippen LogP contribution < -0.4 is 5.32 Å². The van der Waals surface area contributed by atoms with Gasteiger partial charge >= 0.3 is 0 Å². The van der Waals surface area contributed by atoms with Crippen LogP contribution in [0.1, 0.15) is 19.8 Å². The molecule has 1 aromatic rings. The molecule has 1 heterocycles. The van der Waals surface area contributed by atoms with Crippen LogP contribution in [0.15, 0.2) is 18.7 Å². The minimum atomic E-state index is -0.247. The summed E-state index contributed by atoms with van der Waals surface area (Å²) in [5, 5.41) is 12.2. The number of rotatable bonds is 7. The number of aliphatic hydroxyl groups is 1. The van der Waals surface area contributed by atoms with E-state index in [0.717, 1.165) is 25.9 Å². The zero-order valence-electron chi connectivity index (χ0n) is 8.69. The maximum atomic E-state index is 8.98. The molecule has 0 saturated heterocycles. The third-order valence-corrected chi connectivity index (χ3v) is 2.02. The normalized spacial score (nSPS) is 13.0. The summed E-state index contributed by atoms with van der Waals surface area (Å²) in [6.45, 7) is 4.47. The van der Waals surface area contributed by atoms with E-state index in [-0.39, 0.29) is 6.10 Å². The first-order chi connectivity index (χ1) is 6.79. The lowest BCUT2D eigenvalue weighted by Gasteiger charge is -2.06. The van der Waals surface area contributed by atoms with Gasteiger partial charge in [0.15, 0.2) is 0 Å². The molecule has 14 heavy (non-hydrogen) atoms. The van der Waals surface area contributed by atoms with Gasteiger partial charge in [0.1, 0.15) is 0 Å². The fourth-order valence-corrected chi connectivity index (χ4v) is 1.27. The molecule has 0 unspecified atom stereocenters. The van der Waals surface area contributed by atoms with Gasteiger partial charge in [-0.15, -0.1) is 0 Å². The summed E-state index contributed by atoms with van der Waals surface area (Å²) in [5.74, 6) is 0. The number of unbranched alkanes of at least 4 members (excludes halogenated alkanes) is 1. The van der Waals surface area contributed by atoms with E-state index in [0.29, 0.717) is 6.54 Å². The van der Waals surface area contributed by atoms with E-state index in [9.17, 15) is 0 Å². The van der Waals surface area contributed by atoms with E-state index in [1.165, 1.54) is 0 Å². The average Bonchev–Trinajstić information content (AvgIpc) is 2.63. The minimum Gasteiger partial charge on any atom is -0.392 e. The predicted octanol–water partition coefficient (Wildman–Crippen LogP) is 0.634. The van der Waals surface area contributed by atoms with Crippen LogP contribution in [0.5, 0.6) is 0 Å². The average molecular weight is 197 g/mol. The Labute approximate surface area is 85.0 Å². The van der Waals surface area contributed by atoms with Crippen LogP contribution in [0.4, 0.5) is 0 Å². The van der Waals surface area contributed by atoms with Crippen LogP contribution in [-0.2, 0) is 6.54 Å². The number of nitrogens with one attached hydrogen (secondary N) is 1. The molecular weight excluding hydrogens is 178 g/mol. The molecule has 4 nitrogen and oxygen atoms in total. The lowest BCUT2D eigenvalue weighted by Crippen LogP contribution is -2.25. The Bertz CT molecular complexity index is 221. The molecule has 0 saturated carbocycles. The van der Waals surface area contributed by atoms with E-state index in [1.807, 2.05) is 12.5 Å². The third-order valence-electron chi connectivity index (χ3n) is 2.02. The van der Waals surface area contributed by atoms with Crippen molar-refractivity contribution >= 4 is 0 Å². The molecule has 0 aliphatic heterocycles. The van der Waals surface area contributed by atoms with Crippen LogP contribution in [0.25, 0.3) is 0 Å². The highest BCUT2D eigenvalue weighted by molar-refractivity contribution is 4.73. The number of aromatic nitrogens is 2. The quantitative estimate of drug-likeness (QED) is 0.630. The molecule has 1 rings (SSSR count). The van der Waals surface area contributed by atoms with Crippen molar-refractivity contribution in [2.75, 3.05) is 13.1 Å². The van der Waals surface area contributed by atoms with Crippen molar-refractivity contribution in [3.63, 3.8) is 0 Å². The van der Waals surface area contributed by atoms with E-state index in [1.54, 1.807) is 13.1 Å². The van der Waals surface area contributed by atoms with Crippen molar-refractivity contribution in [1.29, 1.82) is 0 Å². The second-order valence-electron chi connectivity index (χ2n) is 3.56. The molecule has 1 atom stereocenters. The van der Waals surface area contributed by atoms with Gasteiger partial charge in [-0.25, -0.2) is 4.98 Å². The number of aliphatic hydroxyl groups excluding tert-OH is 1. The highest BCUT2D eigenvalue weighted by Gasteiger charge is 1.94. The van der Waals surface area contributed by atoms with Crippen LogP contribution in [0, 0.1) is 0 Å². The Morgan fingerprint density at radius 3 is 3.00 bits per heavy atom. The van der Waals surface area contributed by atoms with E-state index >= 15 is 0 Å². The van der Waals surface area contributed by atoms with Crippen LogP contribution in [0.2, 0.25) is 0 Å². The molecule has 4 heteroatoms. The fraction of sp³-hybridized carbons (Fsp3) is 0.700. The van der Waals surface area contributed by atoms with Crippen LogP contribution in [0.3, 0.4) is 0 Å². The molecule has 0 amide bonds. The number of nitrogens with zero attached hydrogens (tertiary/aromatic N) is 2. The minimum absolute atomic E-state index is 0.247.